The van der Waals surface area contributed by atoms with Gasteiger partial charge in [-0.25, -0.2) is 9.97 Å². The van der Waals surface area contributed by atoms with Crippen LogP contribution in [0.4, 0.5) is 5.82 Å². The van der Waals surface area contributed by atoms with Crippen LogP contribution in [0.2, 0.25) is 0 Å². The van der Waals surface area contributed by atoms with Crippen molar-refractivity contribution >= 4 is 16.9 Å². The molecule has 1 aromatic carbocycles. The predicted molar refractivity (Wildman–Crippen MR) is 94.0 cm³/mol. The maximum absolute atomic E-state index is 10.2. The molecular weight excluding hydrogens is 322 g/mol. The fourth-order valence-corrected chi connectivity index (χ4v) is 2.57. The number of hydrogen-bond acceptors (Lipinski definition) is 7. The Labute approximate surface area is 145 Å². The number of aliphatic hydroxyl groups is 1. The van der Waals surface area contributed by atoms with Crippen molar-refractivity contribution in [1.29, 1.82) is 0 Å². The fourth-order valence-electron chi connectivity index (χ4n) is 2.57. The average Bonchev–Trinajstić information content (AvgIpc) is 2.93. The van der Waals surface area contributed by atoms with E-state index >= 15 is 0 Å². The quantitative estimate of drug-likeness (QED) is 0.672. The van der Waals surface area contributed by atoms with Gasteiger partial charge in [-0.2, -0.15) is 5.10 Å². The van der Waals surface area contributed by atoms with Crippen LogP contribution in [0.5, 0.6) is 11.5 Å². The molecule has 8 nitrogen and oxygen atoms in total. The first kappa shape index (κ1) is 17.0. The molecule has 0 amide bonds. The van der Waals surface area contributed by atoms with Crippen LogP contribution >= 0.6 is 0 Å². The molecule has 8 heteroatoms. The zero-order valence-electron chi connectivity index (χ0n) is 14.4. The van der Waals surface area contributed by atoms with Gasteiger partial charge < -0.3 is 19.9 Å². The molecule has 0 saturated carbocycles. The van der Waals surface area contributed by atoms with Gasteiger partial charge in [-0.3, -0.25) is 4.68 Å². The number of fused-ring (bicyclic) bond motifs is 1. The highest BCUT2D eigenvalue weighted by Gasteiger charge is 2.13. The van der Waals surface area contributed by atoms with Crippen molar-refractivity contribution in [3.63, 3.8) is 0 Å². The molecule has 2 N–H and O–H groups in total. The van der Waals surface area contributed by atoms with E-state index in [1.54, 1.807) is 17.9 Å². The summed E-state index contributed by atoms with van der Waals surface area (Å²) in [5, 5.41) is 18.5. The number of ether oxygens (including phenoxy) is 2. The van der Waals surface area contributed by atoms with E-state index in [9.17, 15) is 5.11 Å². The lowest BCUT2D eigenvalue weighted by atomic mass is 10.3. The molecule has 0 saturated heterocycles. The molecule has 132 valence electrons. The summed E-state index contributed by atoms with van der Waals surface area (Å²) in [5.74, 6) is 2.00. The summed E-state index contributed by atoms with van der Waals surface area (Å²) in [4.78, 5) is 8.48. The minimum atomic E-state index is -0.701. The maximum atomic E-state index is 10.2. The van der Waals surface area contributed by atoms with E-state index in [4.69, 9.17) is 9.47 Å². The molecule has 2 heterocycles. The van der Waals surface area contributed by atoms with Crippen molar-refractivity contribution in [1.82, 2.24) is 19.7 Å². The molecule has 25 heavy (non-hydrogen) atoms. The van der Waals surface area contributed by atoms with Crippen LogP contribution < -0.4 is 14.8 Å². The van der Waals surface area contributed by atoms with Crippen molar-refractivity contribution in [2.75, 3.05) is 25.6 Å². The molecule has 3 rings (SSSR count). The summed E-state index contributed by atoms with van der Waals surface area (Å²) < 4.78 is 12.4. The van der Waals surface area contributed by atoms with Crippen LogP contribution in [-0.4, -0.2) is 51.2 Å². The third-order valence-electron chi connectivity index (χ3n) is 3.78. The SMILES string of the molecule is COc1cccc(OC[C@H](O)CNc2ncnc3c2c(C)nn3C)c1. The lowest BCUT2D eigenvalue weighted by Crippen LogP contribution is -2.26. The molecule has 0 unspecified atom stereocenters. The van der Waals surface area contributed by atoms with Gasteiger partial charge >= 0.3 is 0 Å². The minimum Gasteiger partial charge on any atom is -0.497 e. The Balaban J connectivity index is 1.60. The van der Waals surface area contributed by atoms with Crippen LogP contribution in [0.1, 0.15) is 5.69 Å². The van der Waals surface area contributed by atoms with E-state index in [0.29, 0.717) is 23.9 Å². The molecule has 0 bridgehead atoms. The van der Waals surface area contributed by atoms with E-state index < -0.39 is 6.10 Å². The Morgan fingerprint density at radius 2 is 2.08 bits per heavy atom. The summed E-state index contributed by atoms with van der Waals surface area (Å²) in [6, 6.07) is 7.26. The smallest absolute Gasteiger partial charge is 0.163 e. The lowest BCUT2D eigenvalue weighted by Gasteiger charge is -2.14. The number of nitrogens with one attached hydrogen (secondary N) is 1. The number of aliphatic hydroxyl groups excluding tert-OH is 1. The van der Waals surface area contributed by atoms with E-state index in [1.165, 1.54) is 6.33 Å². The molecule has 1 atom stereocenters. The number of nitrogens with zero attached hydrogens (tertiary/aromatic N) is 4. The van der Waals surface area contributed by atoms with E-state index in [-0.39, 0.29) is 6.61 Å². The molecule has 0 aliphatic heterocycles. The predicted octanol–water partition coefficient (Wildman–Crippen LogP) is 1.53. The van der Waals surface area contributed by atoms with Crippen LogP contribution in [0, 0.1) is 6.92 Å². The Kier molecular flexibility index (Phi) is 4.99. The van der Waals surface area contributed by atoms with Crippen molar-refractivity contribution in [2.24, 2.45) is 7.05 Å². The van der Waals surface area contributed by atoms with Gasteiger partial charge in [0.15, 0.2) is 5.65 Å². The van der Waals surface area contributed by atoms with Gasteiger partial charge in [0.25, 0.3) is 0 Å². The number of benzene rings is 1. The molecule has 3 aromatic rings. The zero-order valence-corrected chi connectivity index (χ0v) is 14.4. The lowest BCUT2D eigenvalue weighted by molar-refractivity contribution is 0.117. The van der Waals surface area contributed by atoms with Crippen LogP contribution in [0.3, 0.4) is 0 Å². The highest BCUT2D eigenvalue weighted by atomic mass is 16.5. The summed E-state index contributed by atoms with van der Waals surface area (Å²) in [6.07, 6.45) is 0.776. The van der Waals surface area contributed by atoms with Gasteiger partial charge in [-0.15, -0.1) is 0 Å². The van der Waals surface area contributed by atoms with Gasteiger partial charge in [0, 0.05) is 19.7 Å². The first-order chi connectivity index (χ1) is 12.1. The Morgan fingerprint density at radius 1 is 1.28 bits per heavy atom. The summed E-state index contributed by atoms with van der Waals surface area (Å²) in [6.45, 7) is 2.35. The van der Waals surface area contributed by atoms with E-state index in [1.807, 2.05) is 32.2 Å². The first-order valence-corrected chi connectivity index (χ1v) is 7.91. The number of anilines is 1. The zero-order chi connectivity index (χ0) is 17.8. The molecule has 0 radical (unpaired) electrons. The normalized spacial score (nSPS) is 12.2. The summed E-state index contributed by atoms with van der Waals surface area (Å²) in [5.41, 5.74) is 1.58. The van der Waals surface area contributed by atoms with Crippen LogP contribution in [-0.2, 0) is 7.05 Å². The van der Waals surface area contributed by atoms with E-state index in [2.05, 4.69) is 20.4 Å². The third-order valence-corrected chi connectivity index (χ3v) is 3.78. The average molecular weight is 343 g/mol. The van der Waals surface area contributed by atoms with Crippen molar-refractivity contribution in [2.45, 2.75) is 13.0 Å². The highest BCUT2D eigenvalue weighted by Crippen LogP contribution is 2.22. The van der Waals surface area contributed by atoms with Crippen molar-refractivity contribution < 1.29 is 14.6 Å². The fraction of sp³-hybridized carbons (Fsp3) is 0.353. The van der Waals surface area contributed by atoms with Crippen molar-refractivity contribution in [3.05, 3.63) is 36.3 Å². The number of hydrogen-bond donors (Lipinski definition) is 2. The summed E-state index contributed by atoms with van der Waals surface area (Å²) in [7, 11) is 3.43. The van der Waals surface area contributed by atoms with Crippen LogP contribution in [0.25, 0.3) is 11.0 Å². The largest absolute Gasteiger partial charge is 0.497 e. The topological polar surface area (TPSA) is 94.3 Å². The van der Waals surface area contributed by atoms with Gasteiger partial charge in [0.2, 0.25) is 0 Å². The summed E-state index contributed by atoms with van der Waals surface area (Å²) >= 11 is 0. The van der Waals surface area contributed by atoms with E-state index in [0.717, 1.165) is 16.7 Å². The number of rotatable bonds is 7. The molecule has 2 aromatic heterocycles. The van der Waals surface area contributed by atoms with Crippen LogP contribution in [0.15, 0.2) is 30.6 Å². The van der Waals surface area contributed by atoms with Gasteiger partial charge in [-0.05, 0) is 19.1 Å². The minimum absolute atomic E-state index is 0.153. The highest BCUT2D eigenvalue weighted by molar-refractivity contribution is 5.89. The molecule has 0 spiro atoms. The van der Waals surface area contributed by atoms with Crippen molar-refractivity contribution in [3.8, 4) is 11.5 Å². The Hall–Kier alpha value is -2.87. The maximum Gasteiger partial charge on any atom is 0.163 e. The molecule has 0 aliphatic carbocycles. The van der Waals surface area contributed by atoms with Gasteiger partial charge in [0.1, 0.15) is 36.4 Å². The Morgan fingerprint density at radius 3 is 2.88 bits per heavy atom. The Bertz CT molecular complexity index is 865. The standard InChI is InChI=1S/C17H21N5O3/c1-11-15-16(19-10-20-17(15)22(2)21-11)18-8-12(23)9-25-14-6-4-5-13(7-14)24-3/h4-7,10,12,23H,8-9H2,1-3H3,(H,18,19,20)/t12-/m1/s1. The second kappa shape index (κ2) is 7.35. The number of aryl methyl sites for hydroxylation is 2. The second-order valence-corrected chi connectivity index (χ2v) is 5.65. The first-order valence-electron chi connectivity index (χ1n) is 7.91. The monoisotopic (exact) mass is 343 g/mol. The molecule has 0 fully saturated rings. The molecule has 0 aliphatic rings. The number of aromatic nitrogens is 4. The second-order valence-electron chi connectivity index (χ2n) is 5.65. The van der Waals surface area contributed by atoms with Gasteiger partial charge in [-0.1, -0.05) is 6.07 Å². The number of methoxy groups -OCH3 is 1. The van der Waals surface area contributed by atoms with Gasteiger partial charge in [0.05, 0.1) is 18.2 Å². The third kappa shape index (κ3) is 3.80. The molecular formula is C17H21N5O3.